The monoisotopic (exact) mass is 174 g/mol. The van der Waals surface area contributed by atoms with Crippen molar-refractivity contribution in [3.8, 4) is 0 Å². The molecule has 0 saturated heterocycles. The molecule has 3 heteroatoms. The minimum atomic E-state index is 0.0191. The Hall–Kier alpha value is -1.77. The Morgan fingerprint density at radius 1 is 1.38 bits per heavy atom. The van der Waals surface area contributed by atoms with Crippen molar-refractivity contribution < 1.29 is 4.79 Å². The van der Waals surface area contributed by atoms with E-state index >= 15 is 0 Å². The van der Waals surface area contributed by atoms with Crippen molar-refractivity contribution in [2.24, 2.45) is 0 Å². The number of nitrogens with two attached hydrogens (primary N) is 1. The lowest BCUT2D eigenvalue weighted by Crippen LogP contribution is -2.24. The lowest BCUT2D eigenvalue weighted by Gasteiger charge is -2.15. The summed E-state index contributed by atoms with van der Waals surface area (Å²) in [7, 11) is 0. The van der Waals surface area contributed by atoms with Crippen LogP contribution in [-0.4, -0.2) is 12.5 Å². The maximum absolute atomic E-state index is 11.3. The van der Waals surface area contributed by atoms with E-state index in [0.29, 0.717) is 12.2 Å². The van der Waals surface area contributed by atoms with Gasteiger partial charge < -0.3 is 10.6 Å². The number of rotatable bonds is 1. The van der Waals surface area contributed by atoms with Gasteiger partial charge in [0.15, 0.2) is 0 Å². The molecule has 1 aromatic rings. The van der Waals surface area contributed by atoms with Crippen molar-refractivity contribution in [2.45, 2.75) is 0 Å². The second-order valence-electron chi connectivity index (χ2n) is 2.95. The van der Waals surface area contributed by atoms with Gasteiger partial charge in [-0.15, -0.1) is 0 Å². The van der Waals surface area contributed by atoms with Crippen molar-refractivity contribution >= 4 is 17.3 Å². The largest absolute Gasteiger partial charge is 0.399 e. The van der Waals surface area contributed by atoms with Gasteiger partial charge in [0, 0.05) is 24.0 Å². The van der Waals surface area contributed by atoms with E-state index in [-0.39, 0.29) is 5.91 Å². The molecule has 0 bridgehead atoms. The number of nitrogens with zero attached hydrogens (tertiary/aromatic N) is 1. The molecular weight excluding hydrogens is 164 g/mol. The molecule has 1 heterocycles. The number of carbonyl (C=O) groups is 1. The minimum absolute atomic E-state index is 0.0191. The highest BCUT2D eigenvalue weighted by molar-refractivity contribution is 6.04. The highest BCUT2D eigenvalue weighted by Crippen LogP contribution is 2.19. The summed E-state index contributed by atoms with van der Waals surface area (Å²) in [6, 6.07) is 7.32. The van der Waals surface area contributed by atoms with Crippen LogP contribution in [0.3, 0.4) is 0 Å². The van der Waals surface area contributed by atoms with E-state index in [1.54, 1.807) is 23.1 Å². The standard InChI is InChI=1S/C10H10N2O/c11-8-3-1-4-9(7-8)12-6-2-5-10(12)13/h1-5,7H,6,11H2. The summed E-state index contributed by atoms with van der Waals surface area (Å²) in [5.74, 6) is 0.0191. The molecule has 0 aliphatic carbocycles. The van der Waals surface area contributed by atoms with Gasteiger partial charge in [-0.05, 0) is 18.2 Å². The van der Waals surface area contributed by atoms with Crippen LogP contribution in [0.15, 0.2) is 36.4 Å². The number of anilines is 2. The van der Waals surface area contributed by atoms with Crippen molar-refractivity contribution in [2.75, 3.05) is 17.2 Å². The smallest absolute Gasteiger partial charge is 0.251 e. The first kappa shape index (κ1) is 7.86. The van der Waals surface area contributed by atoms with Crippen LogP contribution in [0, 0.1) is 0 Å². The third kappa shape index (κ3) is 1.40. The molecule has 3 nitrogen and oxygen atoms in total. The normalized spacial score (nSPS) is 15.4. The van der Waals surface area contributed by atoms with Crippen LogP contribution in [0.1, 0.15) is 0 Å². The second-order valence-corrected chi connectivity index (χ2v) is 2.95. The zero-order chi connectivity index (χ0) is 9.26. The number of carbonyl (C=O) groups excluding carboxylic acids is 1. The Balaban J connectivity index is 2.31. The maximum Gasteiger partial charge on any atom is 0.251 e. The molecule has 2 N–H and O–H groups in total. The third-order valence-corrected chi connectivity index (χ3v) is 2.00. The maximum atomic E-state index is 11.3. The zero-order valence-electron chi connectivity index (χ0n) is 7.10. The Morgan fingerprint density at radius 3 is 2.85 bits per heavy atom. The van der Waals surface area contributed by atoms with E-state index < -0.39 is 0 Å². The van der Waals surface area contributed by atoms with Crippen molar-refractivity contribution in [1.82, 2.24) is 0 Å². The van der Waals surface area contributed by atoms with Gasteiger partial charge in [-0.25, -0.2) is 0 Å². The van der Waals surface area contributed by atoms with E-state index in [4.69, 9.17) is 5.73 Å². The van der Waals surface area contributed by atoms with E-state index in [1.165, 1.54) is 0 Å². The van der Waals surface area contributed by atoms with Crippen LogP contribution in [-0.2, 0) is 4.79 Å². The number of benzene rings is 1. The molecule has 0 spiro atoms. The molecule has 1 aromatic carbocycles. The van der Waals surface area contributed by atoms with Gasteiger partial charge in [0.1, 0.15) is 0 Å². The molecule has 2 rings (SSSR count). The number of hydrogen-bond donors (Lipinski definition) is 1. The van der Waals surface area contributed by atoms with Gasteiger partial charge in [0.25, 0.3) is 5.91 Å². The summed E-state index contributed by atoms with van der Waals surface area (Å²) in [6.45, 7) is 0.641. The summed E-state index contributed by atoms with van der Waals surface area (Å²) in [5.41, 5.74) is 7.15. The third-order valence-electron chi connectivity index (χ3n) is 2.00. The summed E-state index contributed by atoms with van der Waals surface area (Å²) >= 11 is 0. The quantitative estimate of drug-likeness (QED) is 0.649. The van der Waals surface area contributed by atoms with Crippen molar-refractivity contribution in [1.29, 1.82) is 0 Å². The minimum Gasteiger partial charge on any atom is -0.399 e. The molecule has 1 amide bonds. The van der Waals surface area contributed by atoms with Gasteiger partial charge >= 0.3 is 0 Å². The Kier molecular flexibility index (Phi) is 1.77. The summed E-state index contributed by atoms with van der Waals surface area (Å²) in [6.07, 6.45) is 3.41. The fraction of sp³-hybridized carbons (Fsp3) is 0.100. The highest BCUT2D eigenvalue weighted by atomic mass is 16.2. The van der Waals surface area contributed by atoms with Gasteiger partial charge in [-0.1, -0.05) is 12.1 Å². The Bertz CT molecular complexity index is 371. The fourth-order valence-electron chi connectivity index (χ4n) is 1.36. The zero-order valence-corrected chi connectivity index (χ0v) is 7.10. The topological polar surface area (TPSA) is 46.3 Å². The molecular formula is C10H10N2O. The van der Waals surface area contributed by atoms with E-state index in [9.17, 15) is 4.79 Å². The first-order chi connectivity index (χ1) is 6.27. The fourth-order valence-corrected chi connectivity index (χ4v) is 1.36. The summed E-state index contributed by atoms with van der Waals surface area (Å²) < 4.78 is 0. The molecule has 66 valence electrons. The van der Waals surface area contributed by atoms with Crippen LogP contribution in [0.5, 0.6) is 0 Å². The molecule has 0 saturated carbocycles. The number of nitrogen functional groups attached to an aromatic ring is 1. The second kappa shape index (κ2) is 2.94. The van der Waals surface area contributed by atoms with Crippen LogP contribution < -0.4 is 10.6 Å². The van der Waals surface area contributed by atoms with Crippen LogP contribution in [0.25, 0.3) is 0 Å². The molecule has 0 aromatic heterocycles. The molecule has 1 aliphatic rings. The Labute approximate surface area is 76.5 Å². The van der Waals surface area contributed by atoms with E-state index in [1.807, 2.05) is 18.2 Å². The first-order valence-corrected chi connectivity index (χ1v) is 4.11. The lowest BCUT2D eigenvalue weighted by atomic mass is 10.2. The first-order valence-electron chi connectivity index (χ1n) is 4.11. The molecule has 1 aliphatic heterocycles. The molecule has 13 heavy (non-hydrogen) atoms. The molecule has 0 fully saturated rings. The van der Waals surface area contributed by atoms with Gasteiger partial charge in [-0.2, -0.15) is 0 Å². The Morgan fingerprint density at radius 2 is 2.23 bits per heavy atom. The molecule has 0 unspecified atom stereocenters. The molecule has 0 radical (unpaired) electrons. The van der Waals surface area contributed by atoms with Gasteiger partial charge in [0.2, 0.25) is 0 Å². The highest BCUT2D eigenvalue weighted by Gasteiger charge is 2.15. The molecule has 0 atom stereocenters. The summed E-state index contributed by atoms with van der Waals surface area (Å²) in [5, 5.41) is 0. The average Bonchev–Trinajstić information content (AvgIpc) is 2.51. The number of amides is 1. The predicted octanol–water partition coefficient (Wildman–Crippen LogP) is 1.17. The van der Waals surface area contributed by atoms with Crippen LogP contribution in [0.4, 0.5) is 11.4 Å². The van der Waals surface area contributed by atoms with Crippen LogP contribution in [0.2, 0.25) is 0 Å². The van der Waals surface area contributed by atoms with E-state index in [0.717, 1.165) is 5.69 Å². The lowest BCUT2D eigenvalue weighted by molar-refractivity contribution is -0.113. The summed E-state index contributed by atoms with van der Waals surface area (Å²) in [4.78, 5) is 13.0. The van der Waals surface area contributed by atoms with E-state index in [2.05, 4.69) is 0 Å². The van der Waals surface area contributed by atoms with Crippen LogP contribution >= 0.6 is 0 Å². The van der Waals surface area contributed by atoms with Gasteiger partial charge in [0.05, 0.1) is 0 Å². The predicted molar refractivity (Wildman–Crippen MR) is 52.3 cm³/mol. The SMILES string of the molecule is Nc1cccc(N2CC=CC2=O)c1. The average molecular weight is 174 g/mol. The van der Waals surface area contributed by atoms with Gasteiger partial charge in [-0.3, -0.25) is 4.79 Å². The van der Waals surface area contributed by atoms with Crippen molar-refractivity contribution in [3.05, 3.63) is 36.4 Å². The number of hydrogen-bond acceptors (Lipinski definition) is 2. The van der Waals surface area contributed by atoms with Crippen molar-refractivity contribution in [3.63, 3.8) is 0 Å².